The average Bonchev–Trinajstić information content (AvgIpc) is 2.70. The Labute approximate surface area is 80.2 Å². The van der Waals surface area contributed by atoms with E-state index in [4.69, 9.17) is 9.52 Å². The van der Waals surface area contributed by atoms with Crippen LogP contribution in [-0.4, -0.2) is 16.1 Å². The van der Waals surface area contributed by atoms with Crippen LogP contribution in [0.25, 0.3) is 11.3 Å². The van der Waals surface area contributed by atoms with Crippen molar-refractivity contribution in [2.24, 2.45) is 0 Å². The zero-order valence-corrected chi connectivity index (χ0v) is 7.57. The molecule has 2 rings (SSSR count). The van der Waals surface area contributed by atoms with Gasteiger partial charge in [0, 0.05) is 11.3 Å². The zero-order valence-electron chi connectivity index (χ0n) is 7.57. The Morgan fingerprint density at radius 1 is 1.57 bits per heavy atom. The van der Waals surface area contributed by atoms with Crippen LogP contribution < -0.4 is 0 Å². The Balaban J connectivity index is 2.58. The summed E-state index contributed by atoms with van der Waals surface area (Å²) in [4.78, 5) is 13.6. The van der Waals surface area contributed by atoms with E-state index in [1.54, 1.807) is 25.1 Å². The number of carboxylic acid groups (broad SMARTS) is 1. The van der Waals surface area contributed by atoms with Crippen LogP contribution in [-0.2, 0) is 0 Å². The van der Waals surface area contributed by atoms with E-state index in [1.807, 2.05) is 0 Å². The van der Waals surface area contributed by atoms with E-state index in [9.17, 15) is 4.79 Å². The number of aromatic carboxylic acids is 1. The highest BCUT2D eigenvalue weighted by molar-refractivity contribution is 5.93. The third-order valence-corrected chi connectivity index (χ3v) is 1.95. The lowest BCUT2D eigenvalue weighted by molar-refractivity contribution is 0.0691. The molecule has 14 heavy (non-hydrogen) atoms. The first kappa shape index (κ1) is 8.62. The second-order valence-electron chi connectivity index (χ2n) is 3.02. The van der Waals surface area contributed by atoms with Gasteiger partial charge in [0.2, 0.25) is 0 Å². The number of aryl methyl sites for hydroxylation is 1. The van der Waals surface area contributed by atoms with Crippen molar-refractivity contribution in [3.8, 4) is 11.3 Å². The molecule has 0 aliphatic heterocycles. The fraction of sp³-hybridized carbons (Fsp3) is 0.100. The summed E-state index contributed by atoms with van der Waals surface area (Å²) in [5.74, 6) is -0.420. The van der Waals surface area contributed by atoms with Crippen molar-refractivity contribution in [2.75, 3.05) is 0 Å². The van der Waals surface area contributed by atoms with Gasteiger partial charge in [0.15, 0.2) is 0 Å². The highest BCUT2D eigenvalue weighted by Gasteiger charge is 2.16. The van der Waals surface area contributed by atoms with Crippen molar-refractivity contribution >= 4 is 5.97 Å². The van der Waals surface area contributed by atoms with Crippen molar-refractivity contribution in [2.45, 2.75) is 6.92 Å². The molecule has 0 amide bonds. The van der Waals surface area contributed by atoms with Crippen molar-refractivity contribution in [1.29, 1.82) is 0 Å². The summed E-state index contributed by atoms with van der Waals surface area (Å²) in [6, 6.07) is 5.21. The van der Waals surface area contributed by atoms with E-state index in [0.29, 0.717) is 11.3 Å². The molecule has 72 valence electrons. The number of nitrogens with one attached hydrogen (secondary N) is 1. The van der Waals surface area contributed by atoms with E-state index < -0.39 is 5.97 Å². The minimum Gasteiger partial charge on any atom is -0.477 e. The van der Waals surface area contributed by atoms with Gasteiger partial charge in [0.05, 0.1) is 6.26 Å². The summed E-state index contributed by atoms with van der Waals surface area (Å²) in [5.41, 5.74) is 1.55. The highest BCUT2D eigenvalue weighted by Crippen LogP contribution is 2.24. The number of aromatic nitrogens is 1. The maximum Gasteiger partial charge on any atom is 0.353 e. The second kappa shape index (κ2) is 3.06. The minimum atomic E-state index is -0.982. The van der Waals surface area contributed by atoms with Crippen molar-refractivity contribution in [3.05, 3.63) is 35.9 Å². The number of hydrogen-bond donors (Lipinski definition) is 2. The molecule has 2 heterocycles. The molecule has 0 unspecified atom stereocenters. The smallest absolute Gasteiger partial charge is 0.353 e. The molecule has 0 bridgehead atoms. The maximum atomic E-state index is 10.9. The maximum absolute atomic E-state index is 10.9. The van der Waals surface area contributed by atoms with E-state index >= 15 is 0 Å². The molecule has 2 aromatic heterocycles. The number of carbonyl (C=O) groups is 1. The lowest BCUT2D eigenvalue weighted by atomic mass is 10.2. The predicted octanol–water partition coefficient (Wildman–Crippen LogP) is 2.28. The van der Waals surface area contributed by atoms with Crippen molar-refractivity contribution in [1.82, 2.24) is 4.98 Å². The molecule has 0 fully saturated rings. The van der Waals surface area contributed by atoms with E-state index in [1.165, 1.54) is 6.26 Å². The summed E-state index contributed by atoms with van der Waals surface area (Å²) >= 11 is 0. The second-order valence-corrected chi connectivity index (χ2v) is 3.02. The van der Waals surface area contributed by atoms with Crippen LogP contribution in [0.15, 0.2) is 28.9 Å². The Morgan fingerprint density at radius 3 is 2.93 bits per heavy atom. The van der Waals surface area contributed by atoms with Gasteiger partial charge in [-0.1, -0.05) is 0 Å². The normalized spacial score (nSPS) is 10.4. The minimum absolute atomic E-state index is 0.164. The highest BCUT2D eigenvalue weighted by atomic mass is 16.4. The summed E-state index contributed by atoms with van der Waals surface area (Å²) in [6.45, 7) is 1.80. The summed E-state index contributed by atoms with van der Waals surface area (Å²) in [7, 11) is 0. The van der Waals surface area contributed by atoms with E-state index in [2.05, 4.69) is 4.98 Å². The third kappa shape index (κ3) is 1.31. The lowest BCUT2D eigenvalue weighted by Gasteiger charge is -1.94. The zero-order chi connectivity index (χ0) is 10.1. The Morgan fingerprint density at radius 2 is 2.36 bits per heavy atom. The monoisotopic (exact) mass is 191 g/mol. The molecule has 0 aromatic carbocycles. The molecule has 0 spiro atoms. The van der Waals surface area contributed by atoms with Crippen LogP contribution in [0.3, 0.4) is 0 Å². The SMILES string of the molecule is Cc1cc(-c2ccco2)c(C(=O)O)[nH]1. The van der Waals surface area contributed by atoms with Crippen LogP contribution in [0.2, 0.25) is 0 Å². The van der Waals surface area contributed by atoms with E-state index in [-0.39, 0.29) is 5.69 Å². The Kier molecular flexibility index (Phi) is 1.89. The predicted molar refractivity (Wildman–Crippen MR) is 50.2 cm³/mol. The largest absolute Gasteiger partial charge is 0.477 e. The lowest BCUT2D eigenvalue weighted by Crippen LogP contribution is -1.98. The molecule has 0 atom stereocenters. The number of rotatable bonds is 2. The van der Waals surface area contributed by atoms with Crippen LogP contribution in [0, 0.1) is 6.92 Å². The third-order valence-electron chi connectivity index (χ3n) is 1.95. The van der Waals surface area contributed by atoms with Crippen molar-refractivity contribution < 1.29 is 14.3 Å². The number of carboxylic acids is 1. The fourth-order valence-electron chi connectivity index (χ4n) is 1.38. The van der Waals surface area contributed by atoms with Crippen LogP contribution in [0.4, 0.5) is 0 Å². The molecular formula is C10H9NO3. The van der Waals surface area contributed by atoms with Crippen LogP contribution >= 0.6 is 0 Å². The Bertz CT molecular complexity index is 454. The van der Waals surface area contributed by atoms with Gasteiger partial charge in [-0.25, -0.2) is 4.79 Å². The molecule has 0 aliphatic carbocycles. The van der Waals surface area contributed by atoms with Crippen molar-refractivity contribution in [3.63, 3.8) is 0 Å². The molecule has 0 saturated carbocycles. The summed E-state index contributed by atoms with van der Waals surface area (Å²) < 4.78 is 5.14. The van der Waals surface area contributed by atoms with Gasteiger partial charge in [-0.2, -0.15) is 0 Å². The molecule has 0 aliphatic rings. The molecule has 2 N–H and O–H groups in total. The summed E-state index contributed by atoms with van der Waals surface area (Å²) in [5, 5.41) is 8.90. The fourth-order valence-corrected chi connectivity index (χ4v) is 1.38. The number of furan rings is 1. The number of hydrogen-bond acceptors (Lipinski definition) is 2. The molecule has 4 nitrogen and oxygen atoms in total. The first-order valence-electron chi connectivity index (χ1n) is 4.15. The summed E-state index contributed by atoms with van der Waals surface area (Å²) in [6.07, 6.45) is 1.52. The number of aromatic amines is 1. The molecule has 0 saturated heterocycles. The molecule has 0 radical (unpaired) electrons. The quantitative estimate of drug-likeness (QED) is 0.765. The molecular weight excluding hydrogens is 182 g/mol. The van der Waals surface area contributed by atoms with Gasteiger partial charge in [0.25, 0.3) is 0 Å². The van der Waals surface area contributed by atoms with Gasteiger partial charge in [-0.3, -0.25) is 0 Å². The average molecular weight is 191 g/mol. The van der Waals surface area contributed by atoms with E-state index in [0.717, 1.165) is 5.69 Å². The van der Waals surface area contributed by atoms with Crippen LogP contribution in [0.5, 0.6) is 0 Å². The van der Waals surface area contributed by atoms with Gasteiger partial charge in [0.1, 0.15) is 11.5 Å². The first-order valence-corrected chi connectivity index (χ1v) is 4.15. The number of H-pyrrole nitrogens is 1. The standard InChI is InChI=1S/C10H9NO3/c1-6-5-7(8-3-2-4-14-8)9(11-6)10(12)13/h2-5,11H,1H3,(H,12,13). The molecule has 4 heteroatoms. The first-order chi connectivity index (χ1) is 6.68. The van der Waals surface area contributed by atoms with Gasteiger partial charge in [-0.05, 0) is 25.1 Å². The Hall–Kier alpha value is -1.97. The van der Waals surface area contributed by atoms with Crippen LogP contribution in [0.1, 0.15) is 16.2 Å². The molecule has 2 aromatic rings. The topological polar surface area (TPSA) is 66.2 Å². The van der Waals surface area contributed by atoms with Gasteiger partial charge >= 0.3 is 5.97 Å². The van der Waals surface area contributed by atoms with Gasteiger partial charge in [-0.15, -0.1) is 0 Å². The van der Waals surface area contributed by atoms with Gasteiger partial charge < -0.3 is 14.5 Å².